The maximum atomic E-state index is 4.51. The molecular formula is C12H18N4S2. The second-order valence-electron chi connectivity index (χ2n) is 5.11. The predicted octanol–water partition coefficient (Wildman–Crippen LogP) is 3.47. The van der Waals surface area contributed by atoms with Gasteiger partial charge < -0.3 is 5.32 Å². The maximum absolute atomic E-state index is 4.51. The number of aromatic nitrogens is 3. The lowest BCUT2D eigenvalue weighted by Crippen LogP contribution is -2.13. The van der Waals surface area contributed by atoms with Crippen LogP contribution in [0.15, 0.2) is 5.38 Å². The first-order chi connectivity index (χ1) is 8.49. The molecule has 0 aliphatic rings. The highest BCUT2D eigenvalue weighted by atomic mass is 32.1. The van der Waals surface area contributed by atoms with Crippen molar-refractivity contribution in [2.75, 3.05) is 5.32 Å². The number of anilines is 1. The van der Waals surface area contributed by atoms with Crippen molar-refractivity contribution < 1.29 is 0 Å². The van der Waals surface area contributed by atoms with Gasteiger partial charge in [-0.05, 0) is 6.42 Å². The van der Waals surface area contributed by atoms with Crippen LogP contribution in [0.3, 0.4) is 0 Å². The minimum atomic E-state index is 0.00639. The van der Waals surface area contributed by atoms with E-state index in [0.29, 0.717) is 0 Å². The lowest BCUT2D eigenvalue weighted by molar-refractivity contribution is 0.555. The summed E-state index contributed by atoms with van der Waals surface area (Å²) in [6.45, 7) is 9.19. The number of aryl methyl sites for hydroxylation is 1. The lowest BCUT2D eigenvalue weighted by Gasteiger charge is -2.12. The third-order valence-electron chi connectivity index (χ3n) is 2.42. The first-order valence-electron chi connectivity index (χ1n) is 6.00. The van der Waals surface area contributed by atoms with Crippen LogP contribution in [-0.4, -0.2) is 14.3 Å². The maximum Gasteiger partial charge on any atom is 0.202 e. The van der Waals surface area contributed by atoms with Gasteiger partial charge in [0.25, 0.3) is 0 Å². The van der Waals surface area contributed by atoms with Crippen LogP contribution in [0.4, 0.5) is 5.13 Å². The van der Waals surface area contributed by atoms with Crippen LogP contribution in [-0.2, 0) is 18.4 Å². The van der Waals surface area contributed by atoms with Crippen LogP contribution >= 0.6 is 22.9 Å². The van der Waals surface area contributed by atoms with Crippen molar-refractivity contribution in [3.63, 3.8) is 0 Å². The van der Waals surface area contributed by atoms with E-state index < -0.39 is 0 Å². The summed E-state index contributed by atoms with van der Waals surface area (Å²) >= 11 is 3.12. The molecule has 0 saturated carbocycles. The van der Waals surface area contributed by atoms with E-state index in [0.717, 1.165) is 29.6 Å². The summed E-state index contributed by atoms with van der Waals surface area (Å²) in [5.41, 5.74) is 1.08. The van der Waals surface area contributed by atoms with Gasteiger partial charge >= 0.3 is 0 Å². The fourth-order valence-electron chi connectivity index (χ4n) is 1.36. The van der Waals surface area contributed by atoms with Crippen molar-refractivity contribution in [3.8, 4) is 0 Å². The van der Waals surface area contributed by atoms with Gasteiger partial charge in [0, 0.05) is 22.3 Å². The molecule has 0 atom stereocenters. The van der Waals surface area contributed by atoms with Crippen molar-refractivity contribution in [2.45, 2.75) is 46.1 Å². The van der Waals surface area contributed by atoms with E-state index >= 15 is 0 Å². The largest absolute Gasteiger partial charge is 0.355 e. The number of hydrogen-bond donors (Lipinski definition) is 1. The Morgan fingerprint density at radius 3 is 2.61 bits per heavy atom. The molecule has 0 amide bonds. The normalized spacial score (nSPS) is 11.8. The standard InChI is InChI=1S/C12H18N4S2/c1-5-9-14-8(7-17-9)6-13-11-15-10(16-18-11)12(2,3)4/h7H,5-6H2,1-4H3,(H,13,15,16). The van der Waals surface area contributed by atoms with Crippen molar-refractivity contribution in [2.24, 2.45) is 0 Å². The zero-order valence-corrected chi connectivity index (χ0v) is 12.8. The third-order valence-corrected chi connectivity index (χ3v) is 4.13. The smallest absolute Gasteiger partial charge is 0.202 e. The number of nitrogens with one attached hydrogen (secondary N) is 1. The fourth-order valence-corrected chi connectivity index (χ4v) is 2.85. The van der Waals surface area contributed by atoms with Gasteiger partial charge in [-0.1, -0.05) is 27.7 Å². The molecule has 1 N–H and O–H groups in total. The first kappa shape index (κ1) is 13.4. The summed E-state index contributed by atoms with van der Waals surface area (Å²) in [4.78, 5) is 9.01. The Balaban J connectivity index is 1.96. The zero-order chi connectivity index (χ0) is 13.2. The summed E-state index contributed by atoms with van der Waals surface area (Å²) < 4.78 is 4.37. The van der Waals surface area contributed by atoms with E-state index in [1.165, 1.54) is 16.5 Å². The Morgan fingerprint density at radius 1 is 1.28 bits per heavy atom. The second kappa shape index (κ2) is 5.32. The van der Waals surface area contributed by atoms with E-state index in [4.69, 9.17) is 0 Å². The number of hydrogen-bond acceptors (Lipinski definition) is 6. The topological polar surface area (TPSA) is 50.7 Å². The average Bonchev–Trinajstić information content (AvgIpc) is 2.94. The molecule has 4 nitrogen and oxygen atoms in total. The molecule has 2 rings (SSSR count). The van der Waals surface area contributed by atoms with E-state index in [1.807, 2.05) is 0 Å². The molecule has 6 heteroatoms. The fraction of sp³-hybridized carbons (Fsp3) is 0.583. The molecular weight excluding hydrogens is 264 g/mol. The van der Waals surface area contributed by atoms with Gasteiger partial charge in [0.1, 0.15) is 5.82 Å². The highest BCUT2D eigenvalue weighted by Crippen LogP contribution is 2.23. The minimum absolute atomic E-state index is 0.00639. The molecule has 0 fully saturated rings. The molecule has 2 heterocycles. The zero-order valence-electron chi connectivity index (χ0n) is 11.1. The molecule has 0 spiro atoms. The summed E-state index contributed by atoms with van der Waals surface area (Å²) in [6.07, 6.45) is 0.998. The van der Waals surface area contributed by atoms with Crippen molar-refractivity contribution in [1.29, 1.82) is 0 Å². The molecule has 2 aromatic heterocycles. The van der Waals surface area contributed by atoms with Gasteiger partial charge in [-0.25, -0.2) is 9.97 Å². The lowest BCUT2D eigenvalue weighted by atomic mass is 9.96. The Labute approximate surface area is 116 Å². The number of thiazole rings is 1. The molecule has 0 aliphatic carbocycles. The summed E-state index contributed by atoms with van der Waals surface area (Å²) in [6, 6.07) is 0. The van der Waals surface area contributed by atoms with Crippen LogP contribution in [0.5, 0.6) is 0 Å². The highest BCUT2D eigenvalue weighted by Gasteiger charge is 2.19. The monoisotopic (exact) mass is 282 g/mol. The Kier molecular flexibility index (Phi) is 3.97. The first-order valence-corrected chi connectivity index (χ1v) is 7.65. The molecule has 0 aromatic carbocycles. The molecule has 0 aliphatic heterocycles. The van der Waals surface area contributed by atoms with Gasteiger partial charge in [-0.15, -0.1) is 11.3 Å². The van der Waals surface area contributed by atoms with E-state index in [9.17, 15) is 0 Å². The molecule has 0 saturated heterocycles. The van der Waals surface area contributed by atoms with Crippen LogP contribution < -0.4 is 5.32 Å². The quantitative estimate of drug-likeness (QED) is 0.933. The molecule has 0 bridgehead atoms. The Hall–Kier alpha value is -1.01. The van der Waals surface area contributed by atoms with Crippen LogP contribution in [0.25, 0.3) is 0 Å². The van der Waals surface area contributed by atoms with Gasteiger partial charge in [0.05, 0.1) is 17.2 Å². The van der Waals surface area contributed by atoms with Crippen molar-refractivity contribution in [1.82, 2.24) is 14.3 Å². The van der Waals surface area contributed by atoms with Crippen molar-refractivity contribution in [3.05, 3.63) is 21.9 Å². The van der Waals surface area contributed by atoms with Gasteiger partial charge in [0.2, 0.25) is 5.13 Å². The Morgan fingerprint density at radius 2 is 2.06 bits per heavy atom. The van der Waals surface area contributed by atoms with Crippen LogP contribution in [0.2, 0.25) is 0 Å². The van der Waals surface area contributed by atoms with Crippen molar-refractivity contribution >= 4 is 28.0 Å². The summed E-state index contributed by atoms with van der Waals surface area (Å²) in [5.74, 6) is 0.891. The van der Waals surface area contributed by atoms with E-state index in [1.54, 1.807) is 11.3 Å². The molecule has 18 heavy (non-hydrogen) atoms. The van der Waals surface area contributed by atoms with Gasteiger partial charge in [-0.3, -0.25) is 0 Å². The van der Waals surface area contributed by atoms with E-state index in [-0.39, 0.29) is 5.41 Å². The Bertz CT molecular complexity index is 510. The van der Waals surface area contributed by atoms with Crippen LogP contribution in [0, 0.1) is 0 Å². The second-order valence-corrected chi connectivity index (χ2v) is 6.81. The van der Waals surface area contributed by atoms with Gasteiger partial charge in [-0.2, -0.15) is 4.37 Å². The molecule has 2 aromatic rings. The average molecular weight is 282 g/mol. The van der Waals surface area contributed by atoms with E-state index in [2.05, 4.69) is 52.7 Å². The number of nitrogens with zero attached hydrogens (tertiary/aromatic N) is 3. The minimum Gasteiger partial charge on any atom is -0.355 e. The third kappa shape index (κ3) is 3.26. The van der Waals surface area contributed by atoms with Crippen LogP contribution in [0.1, 0.15) is 44.2 Å². The SMILES string of the molecule is CCc1nc(CNc2nc(C(C)(C)C)ns2)cs1. The summed E-state index contributed by atoms with van der Waals surface area (Å²) in [5, 5.41) is 7.42. The molecule has 98 valence electrons. The van der Waals surface area contributed by atoms with Gasteiger partial charge in [0.15, 0.2) is 0 Å². The molecule has 0 unspecified atom stereocenters. The summed E-state index contributed by atoms with van der Waals surface area (Å²) in [7, 11) is 0. The highest BCUT2D eigenvalue weighted by molar-refractivity contribution is 7.10. The molecule has 0 radical (unpaired) electrons. The number of rotatable bonds is 4. The predicted molar refractivity (Wildman–Crippen MR) is 77.4 cm³/mol.